The van der Waals surface area contributed by atoms with Gasteiger partial charge in [-0.25, -0.2) is 14.7 Å². The molecule has 0 aliphatic carbocycles. The Kier molecular flexibility index (Phi) is 6.37. The van der Waals surface area contributed by atoms with Gasteiger partial charge in [0.1, 0.15) is 28.3 Å². The van der Waals surface area contributed by atoms with Crippen LogP contribution < -0.4 is 4.74 Å². The van der Waals surface area contributed by atoms with Crippen molar-refractivity contribution in [1.29, 1.82) is 0 Å². The number of hydrogen-bond donors (Lipinski definition) is 3. The molecule has 4 aromatic rings. The SMILES string of the molecule is CC(C)(O)CCOc1ccc(-n2cc(C(O)[SH]3C(c4ccccc4)=Nc4cncn43)nn2)cc1Cl. The van der Waals surface area contributed by atoms with E-state index in [0.717, 1.165) is 10.6 Å². The van der Waals surface area contributed by atoms with Gasteiger partial charge in [-0.05, 0) is 32.0 Å². The van der Waals surface area contributed by atoms with E-state index < -0.39 is 22.1 Å². The van der Waals surface area contributed by atoms with Crippen molar-refractivity contribution in [3.8, 4) is 11.4 Å². The van der Waals surface area contributed by atoms with Gasteiger partial charge in [-0.3, -0.25) is 3.97 Å². The van der Waals surface area contributed by atoms with Gasteiger partial charge in [-0.2, -0.15) is 0 Å². The number of ether oxygens (including phenoxy) is 1. The minimum atomic E-state index is -1.31. The third-order valence-corrected chi connectivity index (χ3v) is 8.05. The summed E-state index contributed by atoms with van der Waals surface area (Å²) in [6.45, 7) is 3.80. The summed E-state index contributed by atoms with van der Waals surface area (Å²) in [7, 11) is 0. The number of imidazole rings is 1. The molecule has 2 aromatic heterocycles. The van der Waals surface area contributed by atoms with Crippen LogP contribution in [-0.2, 0) is 0 Å². The lowest BCUT2D eigenvalue weighted by atomic mass is 10.1. The zero-order valence-corrected chi connectivity index (χ0v) is 20.8. The Bertz CT molecular complexity index is 1370. The van der Waals surface area contributed by atoms with Crippen molar-refractivity contribution in [3.05, 3.63) is 83.5 Å². The summed E-state index contributed by atoms with van der Waals surface area (Å²) < 4.78 is 9.16. The first-order valence-electron chi connectivity index (χ1n) is 11.0. The summed E-state index contributed by atoms with van der Waals surface area (Å²) >= 11 is 5.10. The molecule has 9 nitrogen and oxygen atoms in total. The first-order chi connectivity index (χ1) is 16.8. The molecule has 11 heteroatoms. The van der Waals surface area contributed by atoms with Crippen LogP contribution in [0.2, 0.25) is 5.02 Å². The summed E-state index contributed by atoms with van der Waals surface area (Å²) in [5, 5.41) is 30.9. The van der Waals surface area contributed by atoms with E-state index in [9.17, 15) is 10.2 Å². The predicted molar refractivity (Wildman–Crippen MR) is 137 cm³/mol. The molecule has 2 unspecified atom stereocenters. The molecular weight excluding hydrogens is 488 g/mol. The van der Waals surface area contributed by atoms with Crippen LogP contribution in [0.1, 0.15) is 37.0 Å². The number of rotatable bonds is 8. The molecule has 1 aliphatic heterocycles. The van der Waals surface area contributed by atoms with Gasteiger partial charge in [0.25, 0.3) is 0 Å². The zero-order valence-electron chi connectivity index (χ0n) is 19.2. The fourth-order valence-corrected chi connectivity index (χ4v) is 5.99. The maximum absolute atomic E-state index is 11.4. The zero-order chi connectivity index (χ0) is 24.6. The van der Waals surface area contributed by atoms with Crippen molar-refractivity contribution in [2.24, 2.45) is 4.99 Å². The fourth-order valence-electron chi connectivity index (χ4n) is 3.61. The van der Waals surface area contributed by atoms with E-state index >= 15 is 0 Å². The molecule has 0 bridgehead atoms. The predicted octanol–water partition coefficient (Wildman–Crippen LogP) is 4.20. The number of nitrogens with zero attached hydrogens (tertiary/aromatic N) is 6. The highest BCUT2D eigenvalue weighted by Gasteiger charge is 2.32. The van der Waals surface area contributed by atoms with Gasteiger partial charge in [0, 0.05) is 12.0 Å². The van der Waals surface area contributed by atoms with Gasteiger partial charge < -0.3 is 14.9 Å². The Labute approximate surface area is 210 Å². The van der Waals surface area contributed by atoms with E-state index in [-0.39, 0.29) is 0 Å². The third-order valence-electron chi connectivity index (χ3n) is 5.46. The van der Waals surface area contributed by atoms with Gasteiger partial charge in [-0.1, -0.05) is 58.2 Å². The Morgan fingerprint density at radius 2 is 1.97 bits per heavy atom. The average molecular weight is 513 g/mol. The minimum Gasteiger partial charge on any atom is -0.492 e. The van der Waals surface area contributed by atoms with Crippen LogP contribution in [-0.4, -0.2) is 51.4 Å². The Morgan fingerprint density at radius 1 is 1.17 bits per heavy atom. The molecule has 2 N–H and O–H groups in total. The van der Waals surface area contributed by atoms with E-state index in [1.807, 2.05) is 40.4 Å². The van der Waals surface area contributed by atoms with Crippen LogP contribution in [0, 0.1) is 0 Å². The second-order valence-corrected chi connectivity index (χ2v) is 11.2. The summed E-state index contributed by atoms with van der Waals surface area (Å²) in [5.74, 6) is 1.22. The Hall–Kier alpha value is -3.18. The molecule has 0 amide bonds. The lowest BCUT2D eigenvalue weighted by Crippen LogP contribution is -2.21. The molecular formula is C24H25ClN6O3S. The molecule has 5 rings (SSSR count). The number of aromatic nitrogens is 5. The van der Waals surface area contributed by atoms with Crippen molar-refractivity contribution in [1.82, 2.24) is 24.0 Å². The molecule has 0 radical (unpaired) electrons. The topological polar surface area (TPSA) is 111 Å². The number of hydrogen-bond acceptors (Lipinski definition) is 7. The molecule has 1 aliphatic rings. The van der Waals surface area contributed by atoms with Gasteiger partial charge in [-0.15, -0.1) is 5.10 Å². The number of aliphatic hydroxyl groups excluding tert-OH is 1. The highest BCUT2D eigenvalue weighted by Crippen LogP contribution is 2.51. The number of fused-ring (bicyclic) bond motifs is 1. The van der Waals surface area contributed by atoms with Crippen molar-refractivity contribution in [2.75, 3.05) is 6.61 Å². The van der Waals surface area contributed by atoms with Crippen molar-refractivity contribution in [3.63, 3.8) is 0 Å². The van der Waals surface area contributed by atoms with Crippen LogP contribution in [0.4, 0.5) is 5.82 Å². The lowest BCUT2D eigenvalue weighted by Gasteiger charge is -2.24. The number of benzene rings is 2. The summed E-state index contributed by atoms with van der Waals surface area (Å²) in [4.78, 5) is 8.90. The van der Waals surface area contributed by atoms with E-state index in [1.54, 1.807) is 49.4 Å². The molecule has 0 saturated carbocycles. The maximum Gasteiger partial charge on any atom is 0.162 e. The molecule has 2 atom stereocenters. The third kappa shape index (κ3) is 4.96. The number of aliphatic imine (C=N–C) groups is 1. The normalized spacial score (nSPS) is 17.2. The molecule has 2 aromatic carbocycles. The summed E-state index contributed by atoms with van der Waals surface area (Å²) in [5.41, 5.74) is 0.292. The van der Waals surface area contributed by atoms with Gasteiger partial charge in [0.2, 0.25) is 0 Å². The standard InChI is InChI=1S/C24H25ClN6O3S/c1-24(2,33)10-11-34-20-9-8-17(12-18(20)25)30-14-19(28-29-30)23(32)35-22(16-6-4-3-5-7-16)27-21-13-26-15-31(21)35/h3-9,12-15,23,32-33,35H,10-11H2,1-2H3. The fraction of sp³-hybridized carbons (Fsp3) is 0.250. The van der Waals surface area contributed by atoms with E-state index in [4.69, 9.17) is 21.3 Å². The maximum atomic E-state index is 11.4. The number of aliphatic hydroxyl groups is 2. The molecule has 35 heavy (non-hydrogen) atoms. The smallest absolute Gasteiger partial charge is 0.162 e. The molecule has 0 saturated heterocycles. The van der Waals surface area contributed by atoms with Crippen LogP contribution in [0.5, 0.6) is 5.75 Å². The first kappa shape index (κ1) is 23.6. The number of thiol groups is 1. The quantitative estimate of drug-likeness (QED) is 0.305. The summed E-state index contributed by atoms with van der Waals surface area (Å²) in [6, 6.07) is 15.1. The minimum absolute atomic E-state index is 0.341. The van der Waals surface area contributed by atoms with E-state index in [1.165, 1.54) is 0 Å². The molecule has 0 spiro atoms. The highest BCUT2D eigenvalue weighted by molar-refractivity contribution is 8.29. The largest absolute Gasteiger partial charge is 0.492 e. The van der Waals surface area contributed by atoms with E-state index in [2.05, 4.69) is 15.3 Å². The van der Waals surface area contributed by atoms with Gasteiger partial charge in [0.15, 0.2) is 5.82 Å². The molecule has 3 heterocycles. The highest BCUT2D eigenvalue weighted by atomic mass is 35.5. The monoisotopic (exact) mass is 512 g/mol. The van der Waals surface area contributed by atoms with Crippen molar-refractivity contribution < 1.29 is 14.9 Å². The lowest BCUT2D eigenvalue weighted by molar-refractivity contribution is 0.0553. The summed E-state index contributed by atoms with van der Waals surface area (Å²) in [6.07, 6.45) is 5.53. The Balaban J connectivity index is 1.37. The second-order valence-electron chi connectivity index (χ2n) is 8.73. The van der Waals surface area contributed by atoms with Crippen LogP contribution in [0.15, 0.2) is 72.2 Å². The molecule has 0 fully saturated rings. The van der Waals surface area contributed by atoms with Crippen molar-refractivity contribution in [2.45, 2.75) is 31.3 Å². The average Bonchev–Trinajstić information content (AvgIpc) is 3.56. The van der Waals surface area contributed by atoms with Crippen LogP contribution in [0.3, 0.4) is 0 Å². The second kappa shape index (κ2) is 9.46. The van der Waals surface area contributed by atoms with Crippen LogP contribution in [0.25, 0.3) is 5.69 Å². The van der Waals surface area contributed by atoms with Gasteiger partial charge >= 0.3 is 0 Å². The van der Waals surface area contributed by atoms with Crippen molar-refractivity contribution >= 4 is 33.5 Å². The Morgan fingerprint density at radius 3 is 2.71 bits per heavy atom. The van der Waals surface area contributed by atoms with Crippen LogP contribution >= 0.6 is 22.7 Å². The first-order valence-corrected chi connectivity index (χ1v) is 12.8. The number of halogens is 1. The molecule has 182 valence electrons. The van der Waals surface area contributed by atoms with E-state index in [0.29, 0.717) is 41.0 Å². The van der Waals surface area contributed by atoms with Gasteiger partial charge in [0.05, 0.1) is 35.3 Å².